The Morgan fingerprint density at radius 1 is 1.21 bits per heavy atom. The number of hydrogen-bond donors (Lipinski definition) is 2. The van der Waals surface area contributed by atoms with Crippen molar-refractivity contribution in [3.63, 3.8) is 0 Å². The molecule has 0 aliphatic carbocycles. The van der Waals surface area contributed by atoms with Crippen LogP contribution in [0.4, 0.5) is 13.2 Å². The van der Waals surface area contributed by atoms with E-state index in [-0.39, 0.29) is 54.5 Å². The lowest BCUT2D eigenvalue weighted by Gasteiger charge is -2.32. The van der Waals surface area contributed by atoms with Crippen LogP contribution in [0.15, 0.2) is 4.99 Å². The van der Waals surface area contributed by atoms with Crippen molar-refractivity contribution in [3.05, 3.63) is 0 Å². The van der Waals surface area contributed by atoms with Gasteiger partial charge in [0.1, 0.15) is 0 Å². The summed E-state index contributed by atoms with van der Waals surface area (Å²) in [5.41, 5.74) is -5.31. The molecule has 7 nitrogen and oxygen atoms in total. The summed E-state index contributed by atoms with van der Waals surface area (Å²) in [6, 6.07) is 0. The monoisotopic (exact) mass is 558 g/mol. The maximum Gasteiger partial charge on any atom is 0.511 e. The molecule has 0 amide bonds. The van der Waals surface area contributed by atoms with Crippen LogP contribution in [-0.4, -0.2) is 70.1 Å². The molecule has 1 fully saturated rings. The fourth-order valence-corrected chi connectivity index (χ4v) is 3.94. The molecule has 1 rings (SSSR count). The average Bonchev–Trinajstić information content (AvgIpc) is 2.58. The molecule has 0 saturated carbocycles. The van der Waals surface area contributed by atoms with Crippen molar-refractivity contribution in [1.29, 1.82) is 0 Å². The Bertz CT molecular complexity index is 616. The van der Waals surface area contributed by atoms with E-state index in [2.05, 4.69) is 36.4 Å². The third kappa shape index (κ3) is 8.74. The van der Waals surface area contributed by atoms with E-state index in [1.165, 1.54) is 0 Å². The van der Waals surface area contributed by atoms with Crippen molar-refractivity contribution < 1.29 is 26.3 Å². The Kier molecular flexibility index (Phi) is 11.8. The molecule has 1 heterocycles. The summed E-state index contributed by atoms with van der Waals surface area (Å²) < 4.78 is 66.9. The van der Waals surface area contributed by atoms with Crippen LogP contribution in [0.5, 0.6) is 0 Å². The largest absolute Gasteiger partial charge is 0.511 e. The average molecular weight is 558 g/mol. The normalized spacial score (nSPS) is 18.8. The Labute approximate surface area is 189 Å². The number of nitrogens with zero attached hydrogens (tertiary/aromatic N) is 2. The number of sulfonamides is 1. The number of hydrogen-bond acceptors (Lipinski definition) is 4. The molecule has 0 spiro atoms. The van der Waals surface area contributed by atoms with Gasteiger partial charge in [-0.2, -0.15) is 17.5 Å². The van der Waals surface area contributed by atoms with Crippen LogP contribution in [0.3, 0.4) is 0 Å². The van der Waals surface area contributed by atoms with Gasteiger partial charge in [-0.25, -0.2) is 8.42 Å². The van der Waals surface area contributed by atoms with Crippen molar-refractivity contribution in [1.82, 2.24) is 14.9 Å². The van der Waals surface area contributed by atoms with Gasteiger partial charge in [-0.15, -0.1) is 24.0 Å². The number of alkyl halides is 3. The van der Waals surface area contributed by atoms with Crippen LogP contribution in [0, 0.1) is 11.3 Å². The minimum Gasteiger partial charge on any atom is -0.379 e. The second-order valence-electron chi connectivity index (χ2n) is 7.98. The predicted molar refractivity (Wildman–Crippen MR) is 119 cm³/mol. The summed E-state index contributed by atoms with van der Waals surface area (Å²) in [5.74, 6) is 0.684. The van der Waals surface area contributed by atoms with Gasteiger partial charge < -0.3 is 15.4 Å². The zero-order chi connectivity index (χ0) is 21.6. The molecule has 12 heteroatoms. The summed E-state index contributed by atoms with van der Waals surface area (Å²) in [5, 5.41) is 6.33. The summed E-state index contributed by atoms with van der Waals surface area (Å²) in [4.78, 5) is 4.54. The van der Waals surface area contributed by atoms with Crippen molar-refractivity contribution in [2.24, 2.45) is 16.3 Å². The first-order chi connectivity index (χ1) is 12.8. The molecule has 1 aliphatic rings. The molecular weight excluding hydrogens is 524 g/mol. The SMILES string of the molecule is CCNC(=NCC(OC)C(C)(C)C)NCC1CCN(S(=O)(=O)C(F)(F)F)CC1.I. The van der Waals surface area contributed by atoms with E-state index in [1.807, 2.05) is 6.92 Å². The smallest absolute Gasteiger partial charge is 0.379 e. The van der Waals surface area contributed by atoms with Gasteiger partial charge in [0, 0.05) is 33.3 Å². The number of halogens is 4. The first-order valence-corrected chi connectivity index (χ1v) is 10.9. The van der Waals surface area contributed by atoms with E-state index >= 15 is 0 Å². The highest BCUT2D eigenvalue weighted by atomic mass is 127. The second-order valence-corrected chi connectivity index (χ2v) is 9.91. The number of nitrogens with one attached hydrogen (secondary N) is 2. The lowest BCUT2D eigenvalue weighted by atomic mass is 9.89. The first kappa shape index (κ1) is 28.7. The summed E-state index contributed by atoms with van der Waals surface area (Å²) in [6.45, 7) is 9.54. The van der Waals surface area contributed by atoms with Crippen LogP contribution in [0.2, 0.25) is 0 Å². The van der Waals surface area contributed by atoms with Crippen molar-refractivity contribution >= 4 is 40.0 Å². The maximum atomic E-state index is 12.6. The minimum atomic E-state index is -5.24. The molecular formula is C17H34F3IN4O3S. The molecule has 0 aromatic rings. The molecule has 0 aromatic heterocycles. The molecule has 1 saturated heterocycles. The second kappa shape index (κ2) is 11.9. The van der Waals surface area contributed by atoms with Crippen LogP contribution >= 0.6 is 24.0 Å². The topological polar surface area (TPSA) is 83.0 Å². The van der Waals surface area contributed by atoms with Crippen LogP contribution in [0.1, 0.15) is 40.5 Å². The van der Waals surface area contributed by atoms with Gasteiger partial charge in [0.2, 0.25) is 0 Å². The molecule has 0 aromatic carbocycles. The quantitative estimate of drug-likeness (QED) is 0.286. The third-order valence-electron chi connectivity index (χ3n) is 4.77. The van der Waals surface area contributed by atoms with E-state index in [9.17, 15) is 21.6 Å². The van der Waals surface area contributed by atoms with Gasteiger partial charge in [-0.1, -0.05) is 20.8 Å². The highest BCUT2D eigenvalue weighted by molar-refractivity contribution is 14.0. The standard InChI is InChI=1S/C17H33F3N4O3S.HI/c1-6-21-15(23-12-14(27-5)16(2,3)4)22-11-13-7-9-24(10-8-13)28(25,26)17(18,19)20;/h13-14H,6-12H2,1-5H3,(H2,21,22,23);1H. The molecule has 0 bridgehead atoms. The molecule has 2 N–H and O–H groups in total. The van der Waals surface area contributed by atoms with E-state index in [0.29, 0.717) is 42.7 Å². The number of aliphatic imine (C=N–C) groups is 1. The van der Waals surface area contributed by atoms with Gasteiger partial charge in [0.25, 0.3) is 0 Å². The number of piperidine rings is 1. The lowest BCUT2D eigenvalue weighted by molar-refractivity contribution is -0.0496. The number of guanidine groups is 1. The number of ether oxygens (including phenoxy) is 1. The highest BCUT2D eigenvalue weighted by Gasteiger charge is 2.50. The number of rotatable bonds is 7. The zero-order valence-electron chi connectivity index (χ0n) is 17.7. The fourth-order valence-electron chi connectivity index (χ4n) is 2.96. The van der Waals surface area contributed by atoms with Gasteiger partial charge in [-0.3, -0.25) is 4.99 Å². The molecule has 0 radical (unpaired) electrons. The lowest BCUT2D eigenvalue weighted by Crippen LogP contribution is -2.47. The van der Waals surface area contributed by atoms with Gasteiger partial charge in [0.15, 0.2) is 5.96 Å². The van der Waals surface area contributed by atoms with E-state index in [0.717, 1.165) is 0 Å². The minimum absolute atomic E-state index is 0. The predicted octanol–water partition coefficient (Wildman–Crippen LogP) is 2.78. The van der Waals surface area contributed by atoms with Gasteiger partial charge in [-0.05, 0) is 31.1 Å². The van der Waals surface area contributed by atoms with Crippen molar-refractivity contribution in [2.75, 3.05) is 39.8 Å². The molecule has 174 valence electrons. The Morgan fingerprint density at radius 2 is 1.76 bits per heavy atom. The summed E-state index contributed by atoms with van der Waals surface area (Å²) in [7, 11) is -3.59. The molecule has 1 atom stereocenters. The van der Waals surface area contributed by atoms with Crippen LogP contribution in [0.25, 0.3) is 0 Å². The van der Waals surface area contributed by atoms with E-state index in [4.69, 9.17) is 4.74 Å². The third-order valence-corrected chi connectivity index (χ3v) is 6.40. The Balaban J connectivity index is 0.00000784. The highest BCUT2D eigenvalue weighted by Crippen LogP contribution is 2.30. The van der Waals surface area contributed by atoms with E-state index < -0.39 is 15.5 Å². The number of methoxy groups -OCH3 is 1. The Hall–Kier alpha value is -0.340. The van der Waals surface area contributed by atoms with E-state index in [1.54, 1.807) is 7.11 Å². The van der Waals surface area contributed by atoms with Gasteiger partial charge in [0.05, 0.1) is 12.6 Å². The van der Waals surface area contributed by atoms with Crippen LogP contribution in [-0.2, 0) is 14.8 Å². The molecule has 1 unspecified atom stereocenters. The van der Waals surface area contributed by atoms with Crippen LogP contribution < -0.4 is 10.6 Å². The maximum absolute atomic E-state index is 12.6. The Morgan fingerprint density at radius 3 is 2.17 bits per heavy atom. The molecule has 29 heavy (non-hydrogen) atoms. The fraction of sp³-hybridized carbons (Fsp3) is 0.941. The first-order valence-electron chi connectivity index (χ1n) is 9.44. The summed E-state index contributed by atoms with van der Waals surface area (Å²) >= 11 is 0. The summed E-state index contributed by atoms with van der Waals surface area (Å²) in [6.07, 6.45) is 0.674. The van der Waals surface area contributed by atoms with Gasteiger partial charge >= 0.3 is 15.5 Å². The van der Waals surface area contributed by atoms with Crippen molar-refractivity contribution in [2.45, 2.75) is 52.1 Å². The van der Waals surface area contributed by atoms with Crippen molar-refractivity contribution in [3.8, 4) is 0 Å². The molecule has 1 aliphatic heterocycles. The zero-order valence-corrected chi connectivity index (χ0v) is 20.8.